The van der Waals surface area contributed by atoms with Crippen molar-refractivity contribution in [2.24, 2.45) is 4.99 Å². The summed E-state index contributed by atoms with van der Waals surface area (Å²) in [5, 5.41) is -0.323. The fourth-order valence-electron chi connectivity index (χ4n) is 1.89. The maximum Gasteiger partial charge on any atom is 0.378 e. The SMILES string of the molecule is CCOP(=O)(OCC)C(=C=Nc1ccccc1)P(=O)(OCC)OCC. The monoisotopic (exact) mass is 389 g/mol. The van der Waals surface area contributed by atoms with Gasteiger partial charge in [0.1, 0.15) is 0 Å². The molecule has 140 valence electrons. The van der Waals surface area contributed by atoms with Crippen LogP contribution in [0.3, 0.4) is 0 Å². The standard InChI is InChI=1S/C16H25NO6P2/c1-5-20-24(18,21-6-2)16(25(19,22-7-3)23-8-4)14-17-15-12-10-9-11-13-15/h9-13H,5-8H2,1-4H3. The number of benzene rings is 1. The normalized spacial score (nSPS) is 11.8. The van der Waals surface area contributed by atoms with E-state index in [9.17, 15) is 9.13 Å². The Balaban J connectivity index is 3.57. The average Bonchev–Trinajstić information content (AvgIpc) is 2.56. The van der Waals surface area contributed by atoms with Gasteiger partial charge in [0.05, 0.1) is 32.1 Å². The minimum Gasteiger partial charge on any atom is -0.305 e. The van der Waals surface area contributed by atoms with Crippen molar-refractivity contribution in [3.63, 3.8) is 0 Å². The summed E-state index contributed by atoms with van der Waals surface area (Å²) in [7, 11) is -7.90. The molecule has 0 radical (unpaired) electrons. The molecule has 0 N–H and O–H groups in total. The van der Waals surface area contributed by atoms with Crippen LogP contribution < -0.4 is 0 Å². The highest BCUT2D eigenvalue weighted by Crippen LogP contribution is 2.72. The Morgan fingerprint density at radius 2 is 1.24 bits per heavy atom. The van der Waals surface area contributed by atoms with E-state index in [0.29, 0.717) is 5.69 Å². The summed E-state index contributed by atoms with van der Waals surface area (Å²) < 4.78 is 47.6. The van der Waals surface area contributed by atoms with E-state index in [2.05, 4.69) is 10.9 Å². The van der Waals surface area contributed by atoms with Crippen LogP contribution in [0.2, 0.25) is 0 Å². The van der Waals surface area contributed by atoms with Crippen molar-refractivity contribution < 1.29 is 27.2 Å². The fourth-order valence-corrected chi connectivity index (χ4v) is 6.12. The second kappa shape index (κ2) is 10.8. The summed E-state index contributed by atoms with van der Waals surface area (Å²) in [5.74, 6) is 2.57. The highest BCUT2D eigenvalue weighted by molar-refractivity contribution is 7.79. The summed E-state index contributed by atoms with van der Waals surface area (Å²) in [6.45, 7) is 6.98. The number of hydrogen-bond donors (Lipinski definition) is 0. The van der Waals surface area contributed by atoms with E-state index in [0.717, 1.165) is 0 Å². The zero-order chi connectivity index (χ0) is 18.8. The second-order valence-corrected chi connectivity index (χ2v) is 8.82. The maximum absolute atomic E-state index is 13.2. The molecule has 0 heterocycles. The van der Waals surface area contributed by atoms with Crippen molar-refractivity contribution in [3.8, 4) is 0 Å². The van der Waals surface area contributed by atoms with Gasteiger partial charge >= 0.3 is 15.2 Å². The molecule has 9 heteroatoms. The highest BCUT2D eigenvalue weighted by atomic mass is 31.2. The van der Waals surface area contributed by atoms with Gasteiger partial charge in [-0.2, -0.15) is 0 Å². The Morgan fingerprint density at radius 3 is 1.60 bits per heavy atom. The van der Waals surface area contributed by atoms with Gasteiger partial charge in [0, 0.05) is 5.87 Å². The van der Waals surface area contributed by atoms with Crippen LogP contribution in [0.4, 0.5) is 5.69 Å². The van der Waals surface area contributed by atoms with Crippen LogP contribution in [0.15, 0.2) is 40.4 Å². The van der Waals surface area contributed by atoms with Crippen LogP contribution in [0.25, 0.3) is 0 Å². The molecule has 0 saturated heterocycles. The van der Waals surface area contributed by atoms with E-state index >= 15 is 0 Å². The van der Waals surface area contributed by atoms with E-state index in [1.165, 1.54) is 0 Å². The Kier molecular flexibility index (Phi) is 9.55. The third-order valence-electron chi connectivity index (χ3n) is 2.76. The van der Waals surface area contributed by atoms with E-state index in [1.54, 1.807) is 52.0 Å². The van der Waals surface area contributed by atoms with Gasteiger partial charge in [-0.1, -0.05) is 18.2 Å². The van der Waals surface area contributed by atoms with Crippen LogP contribution >= 0.6 is 15.2 Å². The first-order chi connectivity index (χ1) is 12.0. The third-order valence-corrected chi connectivity index (χ3v) is 7.86. The van der Waals surface area contributed by atoms with Crippen molar-refractivity contribution >= 4 is 26.7 Å². The summed E-state index contributed by atoms with van der Waals surface area (Å²) in [6.07, 6.45) is 0. The van der Waals surface area contributed by atoms with Crippen LogP contribution in [0.5, 0.6) is 0 Å². The molecule has 0 saturated carbocycles. The topological polar surface area (TPSA) is 83.4 Å². The van der Waals surface area contributed by atoms with Crippen molar-refractivity contribution in [1.82, 2.24) is 0 Å². The summed E-state index contributed by atoms with van der Waals surface area (Å²) in [4.78, 5) is 4.12. The average molecular weight is 389 g/mol. The van der Waals surface area contributed by atoms with Gasteiger partial charge in [0.2, 0.25) is 5.06 Å². The van der Waals surface area contributed by atoms with Crippen LogP contribution in [0, 0.1) is 0 Å². The smallest absolute Gasteiger partial charge is 0.305 e. The second-order valence-electron chi connectivity index (χ2n) is 4.55. The molecule has 0 amide bonds. The molecule has 1 rings (SSSR count). The lowest BCUT2D eigenvalue weighted by Crippen LogP contribution is -2.05. The lowest BCUT2D eigenvalue weighted by molar-refractivity contribution is 0.215. The number of para-hydroxylation sites is 1. The molecule has 0 atom stereocenters. The van der Waals surface area contributed by atoms with Crippen molar-refractivity contribution in [1.29, 1.82) is 0 Å². The fraction of sp³-hybridized carbons (Fsp3) is 0.500. The van der Waals surface area contributed by atoms with Crippen molar-refractivity contribution in [2.75, 3.05) is 26.4 Å². The van der Waals surface area contributed by atoms with Crippen LogP contribution in [-0.4, -0.2) is 32.3 Å². The van der Waals surface area contributed by atoms with E-state index in [-0.39, 0.29) is 31.5 Å². The Hall–Kier alpha value is -1.03. The third kappa shape index (κ3) is 6.32. The van der Waals surface area contributed by atoms with Gasteiger partial charge in [0.15, 0.2) is 0 Å². The molecular formula is C16H25NO6P2. The Morgan fingerprint density at radius 1 is 0.840 bits per heavy atom. The molecule has 0 aliphatic heterocycles. The molecule has 7 nitrogen and oxygen atoms in total. The molecule has 0 aromatic heterocycles. The first-order valence-corrected chi connectivity index (χ1v) is 11.2. The predicted octanol–water partition coefficient (Wildman–Crippen LogP) is 5.36. The molecular weight excluding hydrogens is 364 g/mol. The molecule has 0 bridgehead atoms. The summed E-state index contributed by atoms with van der Waals surface area (Å²) in [5.41, 5.74) is 0.541. The van der Waals surface area contributed by atoms with Gasteiger partial charge < -0.3 is 18.1 Å². The molecule has 1 aromatic rings. The summed E-state index contributed by atoms with van der Waals surface area (Å²) >= 11 is 0. The van der Waals surface area contributed by atoms with Crippen LogP contribution in [0.1, 0.15) is 27.7 Å². The molecule has 0 fully saturated rings. The van der Waals surface area contributed by atoms with Gasteiger partial charge in [0.25, 0.3) is 0 Å². The Bertz CT molecular complexity index is 633. The van der Waals surface area contributed by atoms with Gasteiger partial charge in [-0.25, -0.2) is 4.99 Å². The molecule has 1 aromatic carbocycles. The Labute approximate surface area is 149 Å². The first-order valence-electron chi connectivity index (χ1n) is 8.13. The lowest BCUT2D eigenvalue weighted by atomic mass is 10.3. The number of nitrogens with zero attached hydrogens (tertiary/aromatic N) is 1. The van der Waals surface area contributed by atoms with Crippen LogP contribution in [-0.2, 0) is 27.2 Å². The number of hydrogen-bond acceptors (Lipinski definition) is 7. The molecule has 0 unspecified atom stereocenters. The maximum atomic E-state index is 13.2. The van der Waals surface area contributed by atoms with E-state index in [4.69, 9.17) is 18.1 Å². The van der Waals surface area contributed by atoms with E-state index in [1.807, 2.05) is 6.07 Å². The molecule has 0 spiro atoms. The lowest BCUT2D eigenvalue weighted by Gasteiger charge is -2.23. The molecule has 0 aliphatic carbocycles. The summed E-state index contributed by atoms with van der Waals surface area (Å²) in [6, 6.07) is 8.86. The molecule has 0 aliphatic rings. The largest absolute Gasteiger partial charge is 0.378 e. The van der Waals surface area contributed by atoms with Gasteiger partial charge in [-0.15, -0.1) is 0 Å². The number of rotatable bonds is 11. The van der Waals surface area contributed by atoms with Gasteiger partial charge in [-0.05, 0) is 39.8 Å². The van der Waals surface area contributed by atoms with Crippen molar-refractivity contribution in [2.45, 2.75) is 27.7 Å². The van der Waals surface area contributed by atoms with E-state index < -0.39 is 15.2 Å². The minimum atomic E-state index is -3.95. The zero-order valence-corrected chi connectivity index (χ0v) is 16.8. The number of aliphatic imine (C=N–C) groups is 1. The minimum absolute atomic E-state index is 0.0893. The zero-order valence-electron chi connectivity index (χ0n) is 15.0. The first kappa shape index (κ1) is 22.0. The van der Waals surface area contributed by atoms with Crippen molar-refractivity contribution in [3.05, 3.63) is 35.4 Å². The van der Waals surface area contributed by atoms with Gasteiger partial charge in [-0.3, -0.25) is 9.13 Å². The molecule has 25 heavy (non-hydrogen) atoms. The quantitative estimate of drug-likeness (QED) is 0.374. The highest BCUT2D eigenvalue weighted by Gasteiger charge is 2.46. The predicted molar refractivity (Wildman–Crippen MR) is 98.8 cm³/mol.